The number of hydrogen-bond acceptors (Lipinski definition) is 4. The number of imide groups is 1. The van der Waals surface area contributed by atoms with Crippen LogP contribution in [0.25, 0.3) is 5.69 Å². The summed E-state index contributed by atoms with van der Waals surface area (Å²) in [7, 11) is 0. The van der Waals surface area contributed by atoms with E-state index in [0.717, 1.165) is 20.6 Å². The number of rotatable bonds is 5. The molecule has 9 heteroatoms. The average molecular weight is 454 g/mol. The van der Waals surface area contributed by atoms with Crippen molar-refractivity contribution in [2.75, 3.05) is 11.9 Å². The minimum Gasteiger partial charge on any atom is -0.329 e. The smallest absolute Gasteiger partial charge is 0.324 e. The number of anilines is 1. The largest absolute Gasteiger partial charge is 0.329 e. The fraction of sp³-hybridized carbons (Fsp3) is 0.100. The number of nitrogens with one attached hydrogen (secondary N) is 2. The number of benzene rings is 2. The molecule has 146 valence electrons. The number of hydrogen-bond donors (Lipinski definition) is 2. The minimum atomic E-state index is -0.409. The highest BCUT2D eigenvalue weighted by molar-refractivity contribution is 9.10. The Morgan fingerprint density at radius 1 is 1.17 bits per heavy atom. The first-order chi connectivity index (χ1) is 14.0. The van der Waals surface area contributed by atoms with Gasteiger partial charge in [-0.3, -0.25) is 14.5 Å². The lowest BCUT2D eigenvalue weighted by Crippen LogP contribution is -2.30. The lowest BCUT2D eigenvalue weighted by Gasteiger charge is -2.13. The van der Waals surface area contributed by atoms with Gasteiger partial charge in [-0.1, -0.05) is 12.1 Å². The van der Waals surface area contributed by atoms with E-state index in [9.17, 15) is 14.4 Å². The lowest BCUT2D eigenvalue weighted by molar-refractivity contribution is -0.125. The first-order valence-corrected chi connectivity index (χ1v) is 9.58. The Bertz CT molecular complexity index is 1080. The molecule has 0 unspecified atom stereocenters. The van der Waals surface area contributed by atoms with Crippen molar-refractivity contribution in [3.8, 4) is 5.69 Å². The molecule has 3 aromatic rings. The van der Waals surface area contributed by atoms with Crippen molar-refractivity contribution in [1.82, 2.24) is 20.0 Å². The van der Waals surface area contributed by atoms with Crippen LogP contribution in [-0.4, -0.2) is 39.1 Å². The molecule has 0 aliphatic carbocycles. The fourth-order valence-corrected chi connectivity index (χ4v) is 3.24. The van der Waals surface area contributed by atoms with Gasteiger partial charge >= 0.3 is 6.03 Å². The first kappa shape index (κ1) is 18.9. The predicted octanol–water partition coefficient (Wildman–Crippen LogP) is 2.94. The third kappa shape index (κ3) is 4.19. The Morgan fingerprint density at radius 2 is 1.97 bits per heavy atom. The second kappa shape index (κ2) is 7.88. The molecule has 29 heavy (non-hydrogen) atoms. The zero-order valence-corrected chi connectivity index (χ0v) is 16.7. The van der Waals surface area contributed by atoms with Gasteiger partial charge in [-0.15, -0.1) is 0 Å². The van der Waals surface area contributed by atoms with Crippen molar-refractivity contribution in [2.24, 2.45) is 0 Å². The normalized spacial score (nSPS) is 13.5. The van der Waals surface area contributed by atoms with E-state index >= 15 is 0 Å². The molecule has 0 radical (unpaired) electrons. The molecule has 8 nitrogen and oxygen atoms in total. The van der Waals surface area contributed by atoms with Crippen LogP contribution in [0.2, 0.25) is 0 Å². The van der Waals surface area contributed by atoms with Crippen molar-refractivity contribution < 1.29 is 14.4 Å². The van der Waals surface area contributed by atoms with Gasteiger partial charge in [0.2, 0.25) is 5.91 Å². The molecule has 1 aliphatic heterocycles. The van der Waals surface area contributed by atoms with E-state index < -0.39 is 6.03 Å². The fourth-order valence-electron chi connectivity index (χ4n) is 2.96. The van der Waals surface area contributed by atoms with Crippen LogP contribution >= 0.6 is 15.9 Å². The van der Waals surface area contributed by atoms with Crippen molar-refractivity contribution in [3.63, 3.8) is 0 Å². The summed E-state index contributed by atoms with van der Waals surface area (Å²) in [5.41, 5.74) is 2.66. The summed E-state index contributed by atoms with van der Waals surface area (Å²) in [6.45, 7) is 0.170. The van der Waals surface area contributed by atoms with E-state index in [4.69, 9.17) is 0 Å². The van der Waals surface area contributed by atoms with Crippen LogP contribution in [0.4, 0.5) is 10.5 Å². The van der Waals surface area contributed by atoms with Gasteiger partial charge in [0.25, 0.3) is 5.91 Å². The van der Waals surface area contributed by atoms with Crippen molar-refractivity contribution in [1.29, 1.82) is 0 Å². The van der Waals surface area contributed by atoms with Crippen LogP contribution in [0.3, 0.4) is 0 Å². The Balaban J connectivity index is 1.44. The monoisotopic (exact) mass is 453 g/mol. The number of aromatic nitrogens is 2. The number of nitrogens with zero attached hydrogens (tertiary/aromatic N) is 3. The highest BCUT2D eigenvalue weighted by Crippen LogP contribution is 2.17. The second-order valence-corrected chi connectivity index (χ2v) is 7.36. The maximum absolute atomic E-state index is 12.6. The maximum Gasteiger partial charge on any atom is 0.324 e. The van der Waals surface area contributed by atoms with Gasteiger partial charge in [-0.2, -0.15) is 5.10 Å². The van der Waals surface area contributed by atoms with Crippen LogP contribution in [0.1, 0.15) is 15.9 Å². The molecular weight excluding hydrogens is 438 g/mol. The van der Waals surface area contributed by atoms with Gasteiger partial charge in [0.15, 0.2) is 0 Å². The zero-order chi connectivity index (χ0) is 20.4. The Labute approximate surface area is 174 Å². The summed E-state index contributed by atoms with van der Waals surface area (Å²) in [6.07, 6.45) is 3.51. The molecular formula is C20H16BrN5O3. The maximum atomic E-state index is 12.6. The number of halogens is 1. The van der Waals surface area contributed by atoms with Crippen LogP contribution in [-0.2, 0) is 11.3 Å². The SMILES string of the molecule is O=C(Nc1cccc(CN2C(=O)CNC2=O)c1)c1ccc(-n2cc(Br)cn2)cc1. The summed E-state index contributed by atoms with van der Waals surface area (Å²) in [5, 5.41) is 9.52. The molecule has 2 heterocycles. The summed E-state index contributed by atoms with van der Waals surface area (Å²) >= 11 is 3.35. The summed E-state index contributed by atoms with van der Waals surface area (Å²) in [5.74, 6) is -0.529. The van der Waals surface area contributed by atoms with Gasteiger partial charge in [-0.25, -0.2) is 9.48 Å². The number of carbonyl (C=O) groups excluding carboxylic acids is 3. The number of urea groups is 1. The molecule has 0 saturated carbocycles. The average Bonchev–Trinajstić information content (AvgIpc) is 3.29. The third-order valence-corrected chi connectivity index (χ3v) is 4.82. The van der Waals surface area contributed by atoms with Crippen molar-refractivity contribution in [3.05, 3.63) is 76.5 Å². The molecule has 0 atom stereocenters. The molecule has 0 spiro atoms. The van der Waals surface area contributed by atoms with Crippen LogP contribution in [0, 0.1) is 0 Å². The standard InChI is InChI=1S/C20H16BrN5O3/c21-15-9-23-26(12-15)17-6-4-14(5-7-17)19(28)24-16-3-1-2-13(8-16)11-25-18(27)10-22-20(25)29/h1-9,12H,10-11H2,(H,22,29)(H,24,28). The lowest BCUT2D eigenvalue weighted by atomic mass is 10.1. The second-order valence-electron chi connectivity index (χ2n) is 6.44. The van der Waals surface area contributed by atoms with Gasteiger partial charge in [-0.05, 0) is 57.9 Å². The van der Waals surface area contributed by atoms with Crippen LogP contribution in [0.15, 0.2) is 65.4 Å². The van der Waals surface area contributed by atoms with Crippen LogP contribution in [0.5, 0.6) is 0 Å². The molecule has 1 aromatic heterocycles. The van der Waals surface area contributed by atoms with E-state index in [1.54, 1.807) is 47.3 Å². The molecule has 2 N–H and O–H groups in total. The van der Waals surface area contributed by atoms with Crippen molar-refractivity contribution >= 4 is 39.5 Å². The van der Waals surface area contributed by atoms with Gasteiger partial charge in [0, 0.05) is 17.4 Å². The third-order valence-electron chi connectivity index (χ3n) is 4.41. The zero-order valence-electron chi connectivity index (χ0n) is 15.1. The Hall–Kier alpha value is -3.46. The van der Waals surface area contributed by atoms with Crippen molar-refractivity contribution in [2.45, 2.75) is 6.54 Å². The summed E-state index contributed by atoms with van der Waals surface area (Å²) in [4.78, 5) is 37.1. The number of amides is 4. The molecule has 1 fully saturated rings. The van der Waals surface area contributed by atoms with E-state index in [2.05, 4.69) is 31.7 Å². The van der Waals surface area contributed by atoms with E-state index in [1.165, 1.54) is 0 Å². The van der Waals surface area contributed by atoms with E-state index in [1.807, 2.05) is 18.3 Å². The van der Waals surface area contributed by atoms with E-state index in [-0.39, 0.29) is 24.9 Å². The molecule has 1 aliphatic rings. The predicted molar refractivity (Wildman–Crippen MR) is 110 cm³/mol. The quantitative estimate of drug-likeness (QED) is 0.580. The van der Waals surface area contributed by atoms with Gasteiger partial charge in [0.05, 0.1) is 29.4 Å². The van der Waals surface area contributed by atoms with Gasteiger partial charge < -0.3 is 10.6 Å². The summed E-state index contributed by atoms with van der Waals surface area (Å²) < 4.78 is 2.57. The summed E-state index contributed by atoms with van der Waals surface area (Å²) in [6, 6.07) is 13.7. The Morgan fingerprint density at radius 3 is 2.62 bits per heavy atom. The molecule has 2 aromatic carbocycles. The molecule has 0 bridgehead atoms. The molecule has 4 rings (SSSR count). The highest BCUT2D eigenvalue weighted by atomic mass is 79.9. The molecule has 4 amide bonds. The van der Waals surface area contributed by atoms with Gasteiger partial charge in [0.1, 0.15) is 0 Å². The number of carbonyl (C=O) groups is 3. The topological polar surface area (TPSA) is 96.3 Å². The van der Waals surface area contributed by atoms with Crippen LogP contribution < -0.4 is 10.6 Å². The molecule has 1 saturated heterocycles. The first-order valence-electron chi connectivity index (χ1n) is 8.79. The highest BCUT2D eigenvalue weighted by Gasteiger charge is 2.28. The Kier molecular flexibility index (Phi) is 5.13. The minimum absolute atomic E-state index is 0.0146. The van der Waals surface area contributed by atoms with E-state index in [0.29, 0.717) is 11.3 Å².